The second kappa shape index (κ2) is 6.90. The number of hydrogen-bond donors (Lipinski definition) is 1. The molecule has 1 N–H and O–H groups in total. The number of nitrogens with one attached hydrogen (secondary N) is 1. The first-order valence-electron chi connectivity index (χ1n) is 8.97. The Morgan fingerprint density at radius 2 is 2.24 bits per heavy atom. The summed E-state index contributed by atoms with van der Waals surface area (Å²) in [4.78, 5) is 26.6. The smallest absolute Gasteiger partial charge is 0.343 e. The molecule has 136 valence electrons. The molecule has 0 bridgehead atoms. The molecule has 0 unspecified atom stereocenters. The minimum absolute atomic E-state index is 0.00113. The number of aromatic amines is 1. The maximum Gasteiger partial charge on any atom is 0.343 e. The molecule has 1 atom stereocenters. The molecule has 0 aliphatic carbocycles. The van der Waals surface area contributed by atoms with Crippen LogP contribution in [0.25, 0.3) is 0 Å². The first kappa shape index (κ1) is 17.5. The van der Waals surface area contributed by atoms with Crippen LogP contribution in [0.3, 0.4) is 0 Å². The zero-order valence-corrected chi connectivity index (χ0v) is 15.3. The van der Waals surface area contributed by atoms with E-state index in [-0.39, 0.29) is 23.4 Å². The highest BCUT2D eigenvalue weighted by atomic mass is 16.3. The molecule has 3 heterocycles. The van der Waals surface area contributed by atoms with Crippen LogP contribution < -0.4 is 5.69 Å². The lowest BCUT2D eigenvalue weighted by atomic mass is 9.96. The fourth-order valence-corrected chi connectivity index (χ4v) is 3.49. The molecule has 3 rings (SSSR count). The number of piperidine rings is 1. The van der Waals surface area contributed by atoms with Crippen molar-refractivity contribution in [1.82, 2.24) is 19.7 Å². The number of aryl methyl sites for hydroxylation is 1. The number of likely N-dealkylation sites (tertiary alicyclic amines) is 1. The van der Waals surface area contributed by atoms with Crippen molar-refractivity contribution in [1.29, 1.82) is 0 Å². The van der Waals surface area contributed by atoms with Crippen molar-refractivity contribution in [2.75, 3.05) is 13.1 Å². The zero-order chi connectivity index (χ0) is 18.1. The van der Waals surface area contributed by atoms with E-state index in [9.17, 15) is 9.59 Å². The third kappa shape index (κ3) is 3.27. The summed E-state index contributed by atoms with van der Waals surface area (Å²) >= 11 is 0. The van der Waals surface area contributed by atoms with E-state index in [0.29, 0.717) is 24.4 Å². The highest BCUT2D eigenvalue weighted by molar-refractivity contribution is 5.95. The van der Waals surface area contributed by atoms with Gasteiger partial charge in [-0.15, -0.1) is 0 Å². The minimum Gasteiger partial charge on any atom is -0.465 e. The molecule has 1 fully saturated rings. The third-order valence-electron chi connectivity index (χ3n) is 4.91. The van der Waals surface area contributed by atoms with Gasteiger partial charge in [0.1, 0.15) is 17.3 Å². The van der Waals surface area contributed by atoms with Crippen molar-refractivity contribution >= 4 is 5.91 Å². The van der Waals surface area contributed by atoms with Crippen LogP contribution in [-0.2, 0) is 6.54 Å². The summed E-state index contributed by atoms with van der Waals surface area (Å²) in [5, 5.41) is 6.72. The number of amides is 1. The van der Waals surface area contributed by atoms with Crippen LogP contribution in [0.15, 0.2) is 15.3 Å². The van der Waals surface area contributed by atoms with E-state index in [1.165, 1.54) is 0 Å². The summed E-state index contributed by atoms with van der Waals surface area (Å²) in [5.74, 6) is 2.57. The van der Waals surface area contributed by atoms with Gasteiger partial charge in [-0.3, -0.25) is 9.36 Å². The van der Waals surface area contributed by atoms with Crippen LogP contribution in [-0.4, -0.2) is 38.7 Å². The standard InChI is InChI=1S/C18H26N4O3/c1-5-22-16(19-20-18(22)24)13-7-6-8-21(10-13)17(23)14-9-15(11(2)3)25-12(14)4/h9,11,13H,5-8,10H2,1-4H3,(H,20,24)/t13-/m0/s1. The molecule has 0 radical (unpaired) electrons. The summed E-state index contributed by atoms with van der Waals surface area (Å²) in [5.41, 5.74) is 0.451. The lowest BCUT2D eigenvalue weighted by Crippen LogP contribution is -2.40. The van der Waals surface area contributed by atoms with E-state index in [2.05, 4.69) is 10.2 Å². The second-order valence-electron chi connectivity index (χ2n) is 6.99. The highest BCUT2D eigenvalue weighted by Crippen LogP contribution is 2.28. The number of rotatable bonds is 4. The first-order chi connectivity index (χ1) is 11.9. The maximum absolute atomic E-state index is 13.0. The molecule has 0 saturated carbocycles. The predicted molar refractivity (Wildman–Crippen MR) is 93.9 cm³/mol. The Morgan fingerprint density at radius 3 is 2.88 bits per heavy atom. The average Bonchev–Trinajstić information content (AvgIpc) is 3.17. The van der Waals surface area contributed by atoms with Crippen molar-refractivity contribution < 1.29 is 9.21 Å². The van der Waals surface area contributed by atoms with Crippen molar-refractivity contribution in [3.63, 3.8) is 0 Å². The van der Waals surface area contributed by atoms with Crippen LogP contribution in [0.4, 0.5) is 0 Å². The molecule has 1 saturated heterocycles. The van der Waals surface area contributed by atoms with Crippen LogP contribution >= 0.6 is 0 Å². The van der Waals surface area contributed by atoms with Gasteiger partial charge in [0.15, 0.2) is 0 Å². The quantitative estimate of drug-likeness (QED) is 0.922. The molecular formula is C18H26N4O3. The van der Waals surface area contributed by atoms with E-state index in [4.69, 9.17) is 4.42 Å². The van der Waals surface area contributed by atoms with Gasteiger partial charge in [0.2, 0.25) is 0 Å². The Bertz CT molecular complexity index is 815. The molecule has 1 aliphatic heterocycles. The normalized spacial score (nSPS) is 18.1. The number of aromatic nitrogens is 3. The molecule has 1 amide bonds. The van der Waals surface area contributed by atoms with Crippen molar-refractivity contribution in [3.8, 4) is 0 Å². The summed E-state index contributed by atoms with van der Waals surface area (Å²) < 4.78 is 7.38. The van der Waals surface area contributed by atoms with Crippen molar-refractivity contribution in [2.45, 2.75) is 58.9 Å². The molecule has 7 nitrogen and oxygen atoms in total. The molecule has 1 aliphatic rings. The van der Waals surface area contributed by atoms with Gasteiger partial charge in [0.05, 0.1) is 5.56 Å². The highest BCUT2D eigenvalue weighted by Gasteiger charge is 2.30. The summed E-state index contributed by atoms with van der Waals surface area (Å²) in [6.07, 6.45) is 1.82. The number of carbonyl (C=O) groups excluding carboxylic acids is 1. The van der Waals surface area contributed by atoms with Gasteiger partial charge in [0.25, 0.3) is 5.91 Å². The first-order valence-corrected chi connectivity index (χ1v) is 8.97. The number of hydrogen-bond acceptors (Lipinski definition) is 4. The van der Waals surface area contributed by atoms with Crippen LogP contribution in [0.5, 0.6) is 0 Å². The Hall–Kier alpha value is -2.31. The Kier molecular flexibility index (Phi) is 4.83. The third-order valence-corrected chi connectivity index (χ3v) is 4.91. The van der Waals surface area contributed by atoms with Gasteiger partial charge in [-0.05, 0) is 32.8 Å². The van der Waals surface area contributed by atoms with E-state index in [1.807, 2.05) is 38.7 Å². The fourth-order valence-electron chi connectivity index (χ4n) is 3.49. The monoisotopic (exact) mass is 346 g/mol. The molecular weight excluding hydrogens is 320 g/mol. The van der Waals surface area contributed by atoms with Crippen molar-refractivity contribution in [3.05, 3.63) is 39.5 Å². The van der Waals surface area contributed by atoms with Crippen molar-refractivity contribution in [2.24, 2.45) is 0 Å². The molecule has 2 aromatic rings. The van der Waals surface area contributed by atoms with Crippen LogP contribution in [0.1, 0.15) is 73.2 Å². The molecule has 2 aromatic heterocycles. The number of carbonyl (C=O) groups is 1. The topological polar surface area (TPSA) is 84.1 Å². The second-order valence-corrected chi connectivity index (χ2v) is 6.99. The Balaban J connectivity index is 1.81. The molecule has 0 aromatic carbocycles. The van der Waals surface area contributed by atoms with Crippen LogP contribution in [0, 0.1) is 6.92 Å². The lowest BCUT2D eigenvalue weighted by Gasteiger charge is -2.32. The Morgan fingerprint density at radius 1 is 1.48 bits per heavy atom. The van der Waals surface area contributed by atoms with E-state index in [0.717, 1.165) is 31.0 Å². The Labute approximate surface area is 147 Å². The fraction of sp³-hybridized carbons (Fsp3) is 0.611. The van der Waals surface area contributed by atoms with Gasteiger partial charge in [0, 0.05) is 31.5 Å². The lowest BCUT2D eigenvalue weighted by molar-refractivity contribution is 0.0701. The average molecular weight is 346 g/mol. The summed E-state index contributed by atoms with van der Waals surface area (Å²) in [6.45, 7) is 9.73. The predicted octanol–water partition coefficient (Wildman–Crippen LogP) is 2.64. The number of H-pyrrole nitrogens is 1. The largest absolute Gasteiger partial charge is 0.465 e. The van der Waals surface area contributed by atoms with Gasteiger partial charge in [-0.1, -0.05) is 13.8 Å². The van der Waals surface area contributed by atoms with E-state index < -0.39 is 0 Å². The minimum atomic E-state index is -0.187. The van der Waals surface area contributed by atoms with Crippen LogP contribution in [0.2, 0.25) is 0 Å². The zero-order valence-electron chi connectivity index (χ0n) is 15.3. The van der Waals surface area contributed by atoms with E-state index in [1.54, 1.807) is 4.57 Å². The summed E-state index contributed by atoms with van der Waals surface area (Å²) in [6, 6.07) is 1.86. The maximum atomic E-state index is 13.0. The molecule has 25 heavy (non-hydrogen) atoms. The van der Waals surface area contributed by atoms with Gasteiger partial charge >= 0.3 is 5.69 Å². The number of nitrogens with zero attached hydrogens (tertiary/aromatic N) is 3. The van der Waals surface area contributed by atoms with Gasteiger partial charge < -0.3 is 9.32 Å². The molecule has 0 spiro atoms. The van der Waals surface area contributed by atoms with Gasteiger partial charge in [-0.2, -0.15) is 5.10 Å². The SMILES string of the molecule is CCn1c([C@H]2CCCN(C(=O)c3cc(C(C)C)oc3C)C2)n[nH]c1=O. The summed E-state index contributed by atoms with van der Waals surface area (Å²) in [7, 11) is 0. The van der Waals surface area contributed by atoms with Gasteiger partial charge in [-0.25, -0.2) is 9.89 Å². The van der Waals surface area contributed by atoms with E-state index >= 15 is 0 Å². The number of furan rings is 1. The molecule has 7 heteroatoms.